The molecule has 0 bridgehead atoms. The van der Waals surface area contributed by atoms with Crippen LogP contribution in [-0.2, 0) is 9.63 Å². The molecule has 0 rings (SSSR count). The van der Waals surface area contributed by atoms with Gasteiger partial charge in [-0.1, -0.05) is 11.6 Å². The number of amides is 3. The minimum absolute atomic E-state index is 0.216. The molecule has 8 nitrogen and oxygen atoms in total. The van der Waals surface area contributed by atoms with E-state index in [0.717, 1.165) is 12.8 Å². The maximum Gasteiger partial charge on any atom is 0.321 e. The molecule has 8 heteroatoms. The number of unbranched alkanes of at least 4 members (excludes halogenated alkanes) is 3. The van der Waals surface area contributed by atoms with Crippen molar-refractivity contribution in [2.24, 2.45) is 5.16 Å². The Labute approximate surface area is 117 Å². The molecule has 0 saturated carbocycles. The number of hydrogen-bond acceptors (Lipinski definition) is 6. The Hall–Kier alpha value is -2.61. The van der Waals surface area contributed by atoms with E-state index in [4.69, 9.17) is 10.5 Å². The fourth-order valence-corrected chi connectivity index (χ4v) is 1.16. The Kier molecular flexibility index (Phi) is 9.98. The van der Waals surface area contributed by atoms with Crippen molar-refractivity contribution in [3.63, 3.8) is 0 Å². The zero-order valence-electron chi connectivity index (χ0n) is 11.3. The van der Waals surface area contributed by atoms with Crippen LogP contribution in [0.5, 0.6) is 0 Å². The number of nitriles is 2. The first-order valence-electron chi connectivity index (χ1n) is 6.21. The molecule has 0 aromatic heterocycles. The van der Waals surface area contributed by atoms with Crippen molar-refractivity contribution in [3.05, 3.63) is 0 Å². The normalized spacial score (nSPS) is 10.1. The fourth-order valence-electron chi connectivity index (χ4n) is 1.16. The van der Waals surface area contributed by atoms with Crippen molar-refractivity contribution in [2.75, 3.05) is 13.2 Å². The smallest absolute Gasteiger partial charge is 0.321 e. The van der Waals surface area contributed by atoms with Crippen molar-refractivity contribution in [2.45, 2.75) is 32.6 Å². The topological polar surface area (TPSA) is 127 Å². The maximum absolute atomic E-state index is 11.4. The third kappa shape index (κ3) is 8.48. The highest BCUT2D eigenvalue weighted by molar-refractivity contribution is 6.46. The molecule has 0 unspecified atom stereocenters. The van der Waals surface area contributed by atoms with Gasteiger partial charge in [-0.05, 0) is 19.8 Å². The highest BCUT2D eigenvalue weighted by Crippen LogP contribution is 1.96. The predicted octanol–water partition coefficient (Wildman–Crippen LogP) is 0.812. The monoisotopic (exact) mass is 279 g/mol. The summed E-state index contributed by atoms with van der Waals surface area (Å²) in [4.78, 5) is 27.3. The van der Waals surface area contributed by atoms with E-state index < -0.39 is 17.6 Å². The number of nitrogens with zero attached hydrogens (tertiary/aromatic N) is 3. The summed E-state index contributed by atoms with van der Waals surface area (Å²) in [5.41, 5.74) is -0.518. The first-order chi connectivity index (χ1) is 9.65. The summed E-state index contributed by atoms with van der Waals surface area (Å²) < 4.78 is 0. The van der Waals surface area contributed by atoms with Gasteiger partial charge in [0.1, 0.15) is 12.7 Å². The molecule has 0 fully saturated rings. The summed E-state index contributed by atoms with van der Waals surface area (Å²) in [5, 5.41) is 24.7. The van der Waals surface area contributed by atoms with Crippen molar-refractivity contribution in [3.8, 4) is 12.1 Å². The standard InChI is InChI=1S/C12H17N5O3/c1-2-20-17-10(9-14)11(18)16-12(19)15-8-6-4-3-5-7-13/h2-6,8H2,1H3,(H2,15,16,18,19). The molecule has 3 amide bonds. The van der Waals surface area contributed by atoms with Gasteiger partial charge in [-0.25, -0.2) is 4.79 Å². The number of rotatable bonds is 8. The molecule has 0 atom stereocenters. The van der Waals surface area contributed by atoms with Crippen LogP contribution in [0.2, 0.25) is 0 Å². The van der Waals surface area contributed by atoms with E-state index in [1.54, 1.807) is 6.92 Å². The van der Waals surface area contributed by atoms with E-state index in [9.17, 15) is 9.59 Å². The van der Waals surface area contributed by atoms with E-state index in [2.05, 4.69) is 15.3 Å². The summed E-state index contributed by atoms with van der Waals surface area (Å²) in [6, 6.07) is 2.86. The molecule has 20 heavy (non-hydrogen) atoms. The third-order valence-corrected chi connectivity index (χ3v) is 2.08. The second-order valence-corrected chi connectivity index (χ2v) is 3.65. The zero-order chi connectivity index (χ0) is 15.2. The molecule has 0 heterocycles. The highest BCUT2D eigenvalue weighted by atomic mass is 16.6. The summed E-state index contributed by atoms with van der Waals surface area (Å²) in [6.07, 6.45) is 2.79. The average molecular weight is 279 g/mol. The van der Waals surface area contributed by atoms with Gasteiger partial charge in [-0.2, -0.15) is 10.5 Å². The quantitative estimate of drug-likeness (QED) is 0.386. The lowest BCUT2D eigenvalue weighted by Gasteiger charge is -2.05. The van der Waals surface area contributed by atoms with Crippen LogP contribution in [0.15, 0.2) is 5.16 Å². The van der Waals surface area contributed by atoms with Gasteiger partial charge in [0.15, 0.2) is 0 Å². The van der Waals surface area contributed by atoms with Crippen molar-refractivity contribution < 1.29 is 14.4 Å². The number of nitrogens with one attached hydrogen (secondary N) is 2. The van der Waals surface area contributed by atoms with Crippen molar-refractivity contribution >= 4 is 17.6 Å². The molecular weight excluding hydrogens is 262 g/mol. The fraction of sp³-hybridized carbons (Fsp3) is 0.583. The van der Waals surface area contributed by atoms with E-state index >= 15 is 0 Å². The highest BCUT2D eigenvalue weighted by Gasteiger charge is 2.14. The molecule has 0 aliphatic rings. The molecule has 0 aromatic rings. The number of hydrogen-bond donors (Lipinski definition) is 2. The lowest BCUT2D eigenvalue weighted by Crippen LogP contribution is -2.42. The summed E-state index contributed by atoms with van der Waals surface area (Å²) in [6.45, 7) is 2.25. The maximum atomic E-state index is 11.4. The Morgan fingerprint density at radius 3 is 2.60 bits per heavy atom. The Morgan fingerprint density at radius 2 is 2.00 bits per heavy atom. The van der Waals surface area contributed by atoms with Crippen LogP contribution in [0.25, 0.3) is 0 Å². The first kappa shape index (κ1) is 17.4. The van der Waals surface area contributed by atoms with Gasteiger partial charge in [-0.15, -0.1) is 0 Å². The zero-order valence-corrected chi connectivity index (χ0v) is 11.3. The average Bonchev–Trinajstić information content (AvgIpc) is 2.43. The molecule has 2 N–H and O–H groups in total. The van der Waals surface area contributed by atoms with E-state index in [0.29, 0.717) is 19.4 Å². The molecule has 0 aliphatic heterocycles. The molecule has 0 saturated heterocycles. The lowest BCUT2D eigenvalue weighted by molar-refractivity contribution is -0.113. The van der Waals surface area contributed by atoms with Crippen LogP contribution >= 0.6 is 0 Å². The van der Waals surface area contributed by atoms with Crippen LogP contribution in [0.4, 0.5) is 4.79 Å². The van der Waals surface area contributed by atoms with E-state index in [1.165, 1.54) is 6.07 Å². The van der Waals surface area contributed by atoms with Gasteiger partial charge in [-0.3, -0.25) is 10.1 Å². The lowest BCUT2D eigenvalue weighted by atomic mass is 10.2. The van der Waals surface area contributed by atoms with Gasteiger partial charge >= 0.3 is 6.03 Å². The number of carbonyl (C=O) groups excluding carboxylic acids is 2. The SMILES string of the molecule is CCON=C(C#N)C(=O)NC(=O)NCCCCCC#N. The van der Waals surface area contributed by atoms with Gasteiger partial charge in [0.2, 0.25) is 5.71 Å². The van der Waals surface area contributed by atoms with Crippen LogP contribution in [-0.4, -0.2) is 30.8 Å². The van der Waals surface area contributed by atoms with Crippen LogP contribution < -0.4 is 10.6 Å². The Bertz CT molecular complexity index is 433. The third-order valence-electron chi connectivity index (χ3n) is 2.08. The molecule has 0 aliphatic carbocycles. The minimum atomic E-state index is -0.914. The molecular formula is C12H17N5O3. The number of carbonyl (C=O) groups is 2. The van der Waals surface area contributed by atoms with Gasteiger partial charge in [0.05, 0.1) is 6.07 Å². The first-order valence-corrected chi connectivity index (χ1v) is 6.21. The predicted molar refractivity (Wildman–Crippen MR) is 70.3 cm³/mol. The summed E-state index contributed by atoms with van der Waals surface area (Å²) in [5.74, 6) is -0.914. The molecule has 0 aromatic carbocycles. The second kappa shape index (κ2) is 11.5. The van der Waals surface area contributed by atoms with Crippen LogP contribution in [0.1, 0.15) is 32.6 Å². The Balaban J connectivity index is 3.94. The molecule has 0 spiro atoms. The summed E-state index contributed by atoms with van der Waals surface area (Å²) in [7, 11) is 0. The van der Waals surface area contributed by atoms with Gasteiger partial charge in [0.25, 0.3) is 5.91 Å². The number of imide groups is 1. The van der Waals surface area contributed by atoms with Crippen molar-refractivity contribution in [1.29, 1.82) is 10.5 Å². The second-order valence-electron chi connectivity index (χ2n) is 3.65. The molecule has 108 valence electrons. The van der Waals surface area contributed by atoms with Crippen LogP contribution in [0, 0.1) is 22.7 Å². The van der Waals surface area contributed by atoms with Gasteiger partial charge < -0.3 is 10.2 Å². The largest absolute Gasteiger partial charge is 0.395 e. The van der Waals surface area contributed by atoms with Crippen LogP contribution in [0.3, 0.4) is 0 Å². The summed E-state index contributed by atoms with van der Waals surface area (Å²) >= 11 is 0. The number of oxime groups is 1. The molecule has 0 radical (unpaired) electrons. The van der Waals surface area contributed by atoms with Gasteiger partial charge in [0, 0.05) is 13.0 Å². The van der Waals surface area contributed by atoms with E-state index in [-0.39, 0.29) is 6.61 Å². The minimum Gasteiger partial charge on any atom is -0.395 e. The van der Waals surface area contributed by atoms with Crippen molar-refractivity contribution in [1.82, 2.24) is 10.6 Å². The number of urea groups is 1. The Morgan fingerprint density at radius 1 is 1.25 bits per heavy atom. The van der Waals surface area contributed by atoms with E-state index in [1.807, 2.05) is 11.4 Å².